The van der Waals surface area contributed by atoms with Crippen molar-refractivity contribution in [2.24, 2.45) is 0 Å². The Hall–Kier alpha value is -3.01. The summed E-state index contributed by atoms with van der Waals surface area (Å²) in [6.07, 6.45) is 1.49. The van der Waals surface area contributed by atoms with E-state index in [1.54, 1.807) is 13.0 Å². The van der Waals surface area contributed by atoms with Gasteiger partial charge in [0, 0.05) is 5.56 Å². The average Bonchev–Trinajstić information content (AvgIpc) is 2.98. The molecule has 1 aromatic heterocycles. The highest BCUT2D eigenvalue weighted by atomic mass is 16.3. The van der Waals surface area contributed by atoms with E-state index in [0.29, 0.717) is 17.0 Å². The van der Waals surface area contributed by atoms with Gasteiger partial charge in [-0.15, -0.1) is 0 Å². The number of nitrogens with one attached hydrogen (secondary N) is 2. The molecule has 1 amide bonds. The minimum absolute atomic E-state index is 0.257. The Morgan fingerprint density at radius 3 is 2.55 bits per heavy atom. The van der Waals surface area contributed by atoms with E-state index in [9.17, 15) is 4.79 Å². The molecule has 0 aliphatic carbocycles. The van der Waals surface area contributed by atoms with Crippen LogP contribution in [0.4, 0.5) is 0 Å². The lowest BCUT2D eigenvalue weighted by Gasteiger charge is -2.13. The molecule has 0 radical (unpaired) electrons. The number of hydrogen-bond donors (Lipinski definition) is 2. The van der Waals surface area contributed by atoms with Crippen molar-refractivity contribution in [1.82, 2.24) is 10.9 Å². The van der Waals surface area contributed by atoms with Crippen molar-refractivity contribution in [1.29, 1.82) is 0 Å². The van der Waals surface area contributed by atoms with Crippen molar-refractivity contribution in [2.45, 2.75) is 6.92 Å². The maximum absolute atomic E-state index is 12.1. The first-order valence-electron chi connectivity index (χ1n) is 6.94. The summed E-state index contributed by atoms with van der Waals surface area (Å²) in [6.45, 7) is 5.75. The number of amides is 1. The standard InChI is InChI=1S/C18H16N2O2/c1-12(19-20-18(21)16-10-11-22-13(16)2)15-9-5-7-14-6-3-4-8-17(14)15/h3-11,19H,1H2,2H3,(H,20,21). The molecule has 4 heteroatoms. The first-order valence-corrected chi connectivity index (χ1v) is 6.94. The van der Waals surface area contributed by atoms with Crippen molar-refractivity contribution in [3.8, 4) is 0 Å². The summed E-state index contributed by atoms with van der Waals surface area (Å²) in [7, 11) is 0. The number of fused-ring (bicyclic) bond motifs is 1. The first kappa shape index (κ1) is 13.9. The highest BCUT2D eigenvalue weighted by molar-refractivity contribution is 5.96. The van der Waals surface area contributed by atoms with Gasteiger partial charge in [-0.25, -0.2) is 0 Å². The van der Waals surface area contributed by atoms with Gasteiger partial charge in [0.25, 0.3) is 5.91 Å². The summed E-state index contributed by atoms with van der Waals surface area (Å²) >= 11 is 0. The summed E-state index contributed by atoms with van der Waals surface area (Å²) < 4.78 is 5.12. The molecule has 0 saturated heterocycles. The molecule has 110 valence electrons. The summed E-state index contributed by atoms with van der Waals surface area (Å²) in [5, 5.41) is 2.20. The van der Waals surface area contributed by atoms with E-state index >= 15 is 0 Å². The van der Waals surface area contributed by atoms with Crippen LogP contribution in [-0.2, 0) is 0 Å². The van der Waals surface area contributed by atoms with Crippen LogP contribution >= 0.6 is 0 Å². The zero-order chi connectivity index (χ0) is 15.5. The third-order valence-corrected chi connectivity index (χ3v) is 3.55. The van der Waals surface area contributed by atoms with Crippen LogP contribution in [-0.4, -0.2) is 5.91 Å². The number of carbonyl (C=O) groups is 1. The van der Waals surface area contributed by atoms with Crippen molar-refractivity contribution >= 4 is 22.4 Å². The second kappa shape index (κ2) is 5.77. The van der Waals surface area contributed by atoms with Crippen LogP contribution in [0.2, 0.25) is 0 Å². The van der Waals surface area contributed by atoms with Crippen molar-refractivity contribution in [2.75, 3.05) is 0 Å². The molecule has 3 aromatic rings. The lowest BCUT2D eigenvalue weighted by molar-refractivity contribution is 0.0941. The number of furan rings is 1. The molecule has 3 rings (SSSR count). The second-order valence-electron chi connectivity index (χ2n) is 4.97. The Morgan fingerprint density at radius 2 is 1.77 bits per heavy atom. The molecule has 0 saturated carbocycles. The topological polar surface area (TPSA) is 54.3 Å². The number of carbonyl (C=O) groups excluding carboxylic acids is 1. The molecule has 4 nitrogen and oxygen atoms in total. The molecule has 0 unspecified atom stereocenters. The third-order valence-electron chi connectivity index (χ3n) is 3.55. The predicted molar refractivity (Wildman–Crippen MR) is 87.0 cm³/mol. The van der Waals surface area contributed by atoms with Crippen LogP contribution in [0, 0.1) is 6.92 Å². The number of rotatable bonds is 4. The molecular weight excluding hydrogens is 276 g/mol. The number of benzene rings is 2. The van der Waals surface area contributed by atoms with Gasteiger partial charge >= 0.3 is 0 Å². The van der Waals surface area contributed by atoms with Gasteiger partial charge in [0.05, 0.1) is 17.5 Å². The lowest BCUT2D eigenvalue weighted by Crippen LogP contribution is -2.36. The van der Waals surface area contributed by atoms with E-state index in [1.807, 2.05) is 42.5 Å². The predicted octanol–water partition coefficient (Wildman–Crippen LogP) is 3.65. The monoisotopic (exact) mass is 292 g/mol. The van der Waals surface area contributed by atoms with Crippen molar-refractivity contribution in [3.05, 3.63) is 78.3 Å². The Kier molecular flexibility index (Phi) is 3.66. The average molecular weight is 292 g/mol. The summed E-state index contributed by atoms with van der Waals surface area (Å²) in [4.78, 5) is 12.1. The van der Waals surface area contributed by atoms with E-state index in [2.05, 4.69) is 17.4 Å². The lowest BCUT2D eigenvalue weighted by atomic mass is 10.0. The highest BCUT2D eigenvalue weighted by Gasteiger charge is 2.11. The fourth-order valence-electron chi connectivity index (χ4n) is 2.38. The maximum Gasteiger partial charge on any atom is 0.273 e. The van der Waals surface area contributed by atoms with Crippen LogP contribution in [0.15, 0.2) is 65.8 Å². The van der Waals surface area contributed by atoms with Gasteiger partial charge in [0.1, 0.15) is 5.76 Å². The van der Waals surface area contributed by atoms with E-state index in [-0.39, 0.29) is 5.91 Å². The smallest absolute Gasteiger partial charge is 0.273 e. The van der Waals surface area contributed by atoms with Crippen LogP contribution in [0.5, 0.6) is 0 Å². The van der Waals surface area contributed by atoms with Gasteiger partial charge in [-0.05, 0) is 23.8 Å². The molecule has 1 heterocycles. The quantitative estimate of drug-likeness (QED) is 0.722. The first-order chi connectivity index (χ1) is 10.7. The second-order valence-corrected chi connectivity index (χ2v) is 4.97. The molecular formula is C18H16N2O2. The third kappa shape index (κ3) is 2.59. The molecule has 0 aliphatic heterocycles. The molecule has 0 aliphatic rings. The Bertz CT molecular complexity index is 844. The van der Waals surface area contributed by atoms with Crippen LogP contribution in [0.1, 0.15) is 21.7 Å². The van der Waals surface area contributed by atoms with E-state index in [1.165, 1.54) is 6.26 Å². The molecule has 0 fully saturated rings. The minimum atomic E-state index is -0.257. The Balaban J connectivity index is 1.77. The number of aryl methyl sites for hydroxylation is 1. The minimum Gasteiger partial charge on any atom is -0.469 e. The summed E-state index contributed by atoms with van der Waals surface area (Å²) in [6, 6.07) is 15.6. The fraction of sp³-hybridized carbons (Fsp3) is 0.0556. The summed E-state index contributed by atoms with van der Waals surface area (Å²) in [5.41, 5.74) is 7.59. The maximum atomic E-state index is 12.1. The van der Waals surface area contributed by atoms with Gasteiger partial charge in [-0.3, -0.25) is 15.6 Å². The molecule has 22 heavy (non-hydrogen) atoms. The van der Waals surface area contributed by atoms with E-state index in [0.717, 1.165) is 16.3 Å². The van der Waals surface area contributed by atoms with Crippen molar-refractivity contribution < 1.29 is 9.21 Å². The van der Waals surface area contributed by atoms with Gasteiger partial charge in [-0.2, -0.15) is 0 Å². The van der Waals surface area contributed by atoms with Crippen LogP contribution in [0.25, 0.3) is 16.5 Å². The molecule has 2 aromatic carbocycles. The highest BCUT2D eigenvalue weighted by Crippen LogP contribution is 2.22. The van der Waals surface area contributed by atoms with Gasteiger partial charge < -0.3 is 4.42 Å². The van der Waals surface area contributed by atoms with Gasteiger partial charge in [0.2, 0.25) is 0 Å². The summed E-state index contributed by atoms with van der Waals surface area (Å²) in [5.74, 6) is 0.322. The number of hydrazine groups is 1. The largest absolute Gasteiger partial charge is 0.469 e. The zero-order valence-electron chi connectivity index (χ0n) is 12.2. The van der Waals surface area contributed by atoms with Gasteiger partial charge in [-0.1, -0.05) is 49.0 Å². The molecule has 0 spiro atoms. The van der Waals surface area contributed by atoms with Crippen LogP contribution in [0.3, 0.4) is 0 Å². The van der Waals surface area contributed by atoms with Crippen molar-refractivity contribution in [3.63, 3.8) is 0 Å². The molecule has 2 N–H and O–H groups in total. The molecule has 0 atom stereocenters. The normalized spacial score (nSPS) is 10.4. The van der Waals surface area contributed by atoms with Crippen LogP contribution < -0.4 is 10.9 Å². The molecule has 0 bridgehead atoms. The van der Waals surface area contributed by atoms with E-state index < -0.39 is 0 Å². The Morgan fingerprint density at radius 1 is 1.00 bits per heavy atom. The number of hydrogen-bond acceptors (Lipinski definition) is 3. The SMILES string of the molecule is C=C(NNC(=O)c1ccoc1C)c1cccc2ccccc12. The van der Waals surface area contributed by atoms with Gasteiger partial charge in [0.15, 0.2) is 0 Å². The fourth-order valence-corrected chi connectivity index (χ4v) is 2.38. The Labute approximate surface area is 128 Å². The zero-order valence-corrected chi connectivity index (χ0v) is 12.2. The van der Waals surface area contributed by atoms with E-state index in [4.69, 9.17) is 4.42 Å².